The molecule has 0 aliphatic carbocycles. The molecule has 2 aromatic carbocycles. The number of thioether (sulfide) groups is 1. The molecule has 0 aliphatic rings. The van der Waals surface area contributed by atoms with E-state index in [0.717, 1.165) is 5.56 Å². The Balaban J connectivity index is 1.84. The summed E-state index contributed by atoms with van der Waals surface area (Å²) in [4.78, 5) is 30.1. The summed E-state index contributed by atoms with van der Waals surface area (Å²) < 4.78 is 1.63. The first-order chi connectivity index (χ1) is 13.4. The Hall–Kier alpha value is -2.31. The number of carbonyl (C=O) groups is 1. The van der Waals surface area contributed by atoms with Gasteiger partial charge in [-0.25, -0.2) is 4.98 Å². The minimum absolute atomic E-state index is 0.0813. The number of rotatable bonds is 6. The van der Waals surface area contributed by atoms with Crippen molar-refractivity contribution >= 4 is 40.2 Å². The van der Waals surface area contributed by atoms with Crippen molar-refractivity contribution < 1.29 is 4.79 Å². The zero-order valence-electron chi connectivity index (χ0n) is 16.0. The smallest absolute Gasteiger partial charge is 0.262 e. The van der Waals surface area contributed by atoms with E-state index >= 15 is 0 Å². The highest BCUT2D eigenvalue weighted by Crippen LogP contribution is 2.26. The molecule has 0 unspecified atom stereocenters. The third-order valence-electron chi connectivity index (χ3n) is 4.31. The van der Waals surface area contributed by atoms with E-state index in [4.69, 9.17) is 11.6 Å². The first-order valence-electron chi connectivity index (χ1n) is 9.07. The van der Waals surface area contributed by atoms with E-state index in [0.29, 0.717) is 27.6 Å². The van der Waals surface area contributed by atoms with Gasteiger partial charge in [-0.3, -0.25) is 14.2 Å². The summed E-state index contributed by atoms with van der Waals surface area (Å²) in [7, 11) is 0. The van der Waals surface area contributed by atoms with Crippen molar-refractivity contribution in [3.63, 3.8) is 0 Å². The highest BCUT2D eigenvalue weighted by Gasteiger charge is 2.20. The van der Waals surface area contributed by atoms with Crippen molar-refractivity contribution in [1.29, 1.82) is 0 Å². The highest BCUT2D eigenvalue weighted by atomic mass is 35.5. The molecule has 3 rings (SSSR count). The van der Waals surface area contributed by atoms with Crippen LogP contribution in [-0.2, 0) is 11.3 Å². The molecule has 3 aromatic rings. The maximum Gasteiger partial charge on any atom is 0.262 e. The summed E-state index contributed by atoms with van der Waals surface area (Å²) in [5, 5.41) is 4.08. The SMILES string of the molecule is CC(C)n1c(S[C@@H](C)C(=O)NCc2ccccc2)nc2cc(Cl)ccc2c1=O. The number of carbonyl (C=O) groups excluding carboxylic acids is 1. The molecule has 0 saturated heterocycles. The lowest BCUT2D eigenvalue weighted by molar-refractivity contribution is -0.120. The molecule has 146 valence electrons. The van der Waals surface area contributed by atoms with E-state index in [1.165, 1.54) is 11.8 Å². The lowest BCUT2D eigenvalue weighted by Gasteiger charge is -2.18. The van der Waals surface area contributed by atoms with Crippen molar-refractivity contribution in [3.05, 3.63) is 69.5 Å². The van der Waals surface area contributed by atoms with Crippen molar-refractivity contribution in [2.45, 2.75) is 43.8 Å². The second kappa shape index (κ2) is 8.80. The van der Waals surface area contributed by atoms with E-state index in [-0.39, 0.29) is 17.5 Å². The topological polar surface area (TPSA) is 64.0 Å². The van der Waals surface area contributed by atoms with E-state index in [9.17, 15) is 9.59 Å². The van der Waals surface area contributed by atoms with Gasteiger partial charge in [-0.15, -0.1) is 0 Å². The molecule has 0 aliphatic heterocycles. The highest BCUT2D eigenvalue weighted by molar-refractivity contribution is 8.00. The molecule has 1 aromatic heterocycles. The Morgan fingerprint density at radius 1 is 1.18 bits per heavy atom. The fraction of sp³-hybridized carbons (Fsp3) is 0.286. The number of nitrogens with one attached hydrogen (secondary N) is 1. The third-order valence-corrected chi connectivity index (χ3v) is 5.61. The molecule has 1 atom stereocenters. The van der Waals surface area contributed by atoms with Gasteiger partial charge in [0.2, 0.25) is 5.91 Å². The summed E-state index contributed by atoms with van der Waals surface area (Å²) in [6.45, 7) is 6.12. The lowest BCUT2D eigenvalue weighted by atomic mass is 10.2. The Kier molecular flexibility index (Phi) is 6.42. The number of amides is 1. The standard InChI is InChI=1S/C21H22ClN3O2S/c1-13(2)25-20(27)17-10-9-16(22)11-18(17)24-21(25)28-14(3)19(26)23-12-15-7-5-4-6-8-15/h4-11,13-14H,12H2,1-3H3,(H,23,26)/t14-/m0/s1. The van der Waals surface area contributed by atoms with Gasteiger partial charge in [-0.05, 0) is 44.5 Å². The predicted octanol–water partition coefficient (Wildman–Crippen LogP) is 4.43. The zero-order chi connectivity index (χ0) is 20.3. The van der Waals surface area contributed by atoms with Crippen LogP contribution in [0.1, 0.15) is 32.4 Å². The molecule has 1 amide bonds. The van der Waals surface area contributed by atoms with E-state index in [1.54, 1.807) is 22.8 Å². The monoisotopic (exact) mass is 415 g/mol. The number of aromatic nitrogens is 2. The summed E-state index contributed by atoms with van der Waals surface area (Å²) in [6.07, 6.45) is 0. The van der Waals surface area contributed by atoms with Crippen LogP contribution in [0.2, 0.25) is 5.02 Å². The van der Waals surface area contributed by atoms with Gasteiger partial charge in [0.05, 0.1) is 16.2 Å². The second-order valence-electron chi connectivity index (χ2n) is 6.79. The van der Waals surface area contributed by atoms with Crippen LogP contribution in [-0.4, -0.2) is 20.7 Å². The summed E-state index contributed by atoms with van der Waals surface area (Å²) >= 11 is 7.33. The van der Waals surface area contributed by atoms with Crippen molar-refractivity contribution in [1.82, 2.24) is 14.9 Å². The van der Waals surface area contributed by atoms with Crippen molar-refractivity contribution in [3.8, 4) is 0 Å². The van der Waals surface area contributed by atoms with Crippen LogP contribution in [0.5, 0.6) is 0 Å². The van der Waals surface area contributed by atoms with Crippen LogP contribution in [0.25, 0.3) is 10.9 Å². The summed E-state index contributed by atoms with van der Waals surface area (Å²) in [5.41, 5.74) is 1.44. The fourth-order valence-corrected chi connectivity index (χ4v) is 4.06. The number of halogens is 1. The van der Waals surface area contributed by atoms with E-state index < -0.39 is 5.25 Å². The van der Waals surface area contributed by atoms with Gasteiger partial charge >= 0.3 is 0 Å². The first kappa shape index (κ1) is 20.4. The van der Waals surface area contributed by atoms with Gasteiger partial charge in [0.25, 0.3) is 5.56 Å². The molecule has 0 bridgehead atoms. The largest absolute Gasteiger partial charge is 0.351 e. The van der Waals surface area contributed by atoms with Gasteiger partial charge in [0, 0.05) is 17.6 Å². The van der Waals surface area contributed by atoms with Crippen LogP contribution in [0.4, 0.5) is 0 Å². The van der Waals surface area contributed by atoms with Crippen LogP contribution in [0.15, 0.2) is 58.5 Å². The number of fused-ring (bicyclic) bond motifs is 1. The zero-order valence-corrected chi connectivity index (χ0v) is 17.6. The van der Waals surface area contributed by atoms with Gasteiger partial charge < -0.3 is 5.32 Å². The Morgan fingerprint density at radius 3 is 2.57 bits per heavy atom. The van der Waals surface area contributed by atoms with Crippen molar-refractivity contribution in [2.24, 2.45) is 0 Å². The fourth-order valence-electron chi connectivity index (χ4n) is 2.83. The number of nitrogens with zero attached hydrogens (tertiary/aromatic N) is 2. The molecule has 1 heterocycles. The maximum absolute atomic E-state index is 12.9. The minimum Gasteiger partial charge on any atom is -0.351 e. The first-order valence-corrected chi connectivity index (χ1v) is 10.3. The van der Waals surface area contributed by atoms with Gasteiger partial charge in [-0.2, -0.15) is 0 Å². The molecule has 5 nitrogen and oxygen atoms in total. The third kappa shape index (κ3) is 4.56. The summed E-state index contributed by atoms with van der Waals surface area (Å²) in [6, 6.07) is 14.7. The molecule has 7 heteroatoms. The molecule has 0 spiro atoms. The molecule has 28 heavy (non-hydrogen) atoms. The van der Waals surface area contributed by atoms with Crippen LogP contribution in [0, 0.1) is 0 Å². The molecule has 0 fully saturated rings. The van der Waals surface area contributed by atoms with Gasteiger partial charge in [0.15, 0.2) is 5.16 Å². The lowest BCUT2D eigenvalue weighted by Crippen LogP contribution is -2.32. The number of hydrogen-bond acceptors (Lipinski definition) is 4. The van der Waals surface area contributed by atoms with Crippen LogP contribution < -0.4 is 10.9 Å². The average molecular weight is 416 g/mol. The maximum atomic E-state index is 12.9. The molecular formula is C21H22ClN3O2S. The molecule has 0 saturated carbocycles. The predicted molar refractivity (Wildman–Crippen MR) is 115 cm³/mol. The van der Waals surface area contributed by atoms with Crippen LogP contribution >= 0.6 is 23.4 Å². The number of hydrogen-bond donors (Lipinski definition) is 1. The Morgan fingerprint density at radius 2 is 1.89 bits per heavy atom. The second-order valence-corrected chi connectivity index (χ2v) is 8.53. The Labute approximate surface area is 173 Å². The molecule has 1 N–H and O–H groups in total. The number of benzene rings is 2. The molecule has 0 radical (unpaired) electrons. The van der Waals surface area contributed by atoms with E-state index in [1.807, 2.05) is 51.1 Å². The normalized spacial score (nSPS) is 12.3. The average Bonchev–Trinajstić information content (AvgIpc) is 2.66. The minimum atomic E-state index is -0.405. The quantitative estimate of drug-likeness (QED) is 0.478. The Bertz CT molecular complexity index is 1050. The molecular weight excluding hydrogens is 394 g/mol. The van der Waals surface area contributed by atoms with E-state index in [2.05, 4.69) is 10.3 Å². The summed E-state index contributed by atoms with van der Waals surface area (Å²) in [5.74, 6) is -0.107. The van der Waals surface area contributed by atoms with Gasteiger partial charge in [-0.1, -0.05) is 53.7 Å². The van der Waals surface area contributed by atoms with Crippen LogP contribution in [0.3, 0.4) is 0 Å². The van der Waals surface area contributed by atoms with Gasteiger partial charge in [0.1, 0.15) is 0 Å². The van der Waals surface area contributed by atoms with Crippen molar-refractivity contribution in [2.75, 3.05) is 0 Å².